The van der Waals surface area contributed by atoms with Crippen LogP contribution in [-0.4, -0.2) is 100 Å². The molecular weight excluding hydrogens is 1420 g/mol. The van der Waals surface area contributed by atoms with Crippen molar-refractivity contribution in [1.29, 1.82) is 0 Å². The number of esters is 6. The Bertz CT molecular complexity index is 3360. The molecule has 4 N–H and O–H groups in total. The summed E-state index contributed by atoms with van der Waals surface area (Å²) in [5.41, 5.74) is 17.2. The van der Waals surface area contributed by atoms with E-state index in [2.05, 4.69) is 27.7 Å². The number of nitrogen functional groups attached to an aromatic ring is 2. The van der Waals surface area contributed by atoms with Gasteiger partial charge in [0.1, 0.15) is 63.4 Å². The number of nitrogens with two attached hydrogens (primary N) is 2. The summed E-state index contributed by atoms with van der Waals surface area (Å²) in [7, 11) is 0. The second-order valence-electron chi connectivity index (χ2n) is 26.3. The monoisotopic (exact) mass is 1540 g/mol. The zero-order valence-electron chi connectivity index (χ0n) is 64.9. The standard InChI is InChI=1S/C82H122N6O12S5/c1-11-21-25-29-33-37-41-45-49-57-59(51-47-43-39-35-31-27-23-13-3)63(101-61(57)53-85-73-67(79(91)97-17-7)65(71(83)103-73)77(89)95-15-5)55-87-75-69(81(93)99-19-9)70(82(94)100-20-10)76(105-75)88-56-64-60(52-48-44-40-36-32-28-24-14-4)58(50-46-42-38-34-30-26-22-12-2)62(102-64)54-86-74-68(80(92)98-18-8)66(72(84)104-74)78(90)96-16-6/h53-56H,11-52,83-84H2,1-10H3/b85-53+,86-54+,87-55+,88-56+. The third-order valence-corrected chi connectivity index (χ3v) is 23.4. The molecule has 0 aliphatic heterocycles. The van der Waals surface area contributed by atoms with E-state index < -0.39 is 35.8 Å². The van der Waals surface area contributed by atoms with Crippen molar-refractivity contribution < 1.29 is 57.2 Å². The lowest BCUT2D eigenvalue weighted by atomic mass is 9.96. The summed E-state index contributed by atoms with van der Waals surface area (Å²) in [6.45, 7) is 19.5. The van der Waals surface area contributed by atoms with Gasteiger partial charge in [-0.05, 0) is 115 Å². The molecule has 0 bridgehead atoms. The number of nitrogens with zero attached hydrogens (tertiary/aromatic N) is 4. The molecule has 582 valence electrons. The number of hydrogen-bond acceptors (Lipinski definition) is 23. The molecule has 5 rings (SSSR count). The van der Waals surface area contributed by atoms with Gasteiger partial charge in [-0.1, -0.05) is 241 Å². The number of ether oxygens (including phenoxy) is 6. The highest BCUT2D eigenvalue weighted by atomic mass is 32.1. The summed E-state index contributed by atoms with van der Waals surface area (Å²) < 4.78 is 33.3. The molecule has 0 saturated heterocycles. The minimum absolute atomic E-state index is 0.0268. The number of unbranched alkanes of at least 4 members (excludes halogenated alkanes) is 28. The molecule has 0 aliphatic rings. The molecule has 0 fully saturated rings. The van der Waals surface area contributed by atoms with Gasteiger partial charge >= 0.3 is 35.8 Å². The average Bonchev–Trinajstić information content (AvgIpc) is 1.63. The van der Waals surface area contributed by atoms with Crippen LogP contribution in [-0.2, 0) is 54.1 Å². The van der Waals surface area contributed by atoms with Crippen molar-refractivity contribution in [1.82, 2.24) is 0 Å². The van der Waals surface area contributed by atoms with Gasteiger partial charge in [0, 0.05) is 44.4 Å². The van der Waals surface area contributed by atoms with Crippen molar-refractivity contribution >= 4 is 147 Å². The molecule has 5 heterocycles. The minimum Gasteiger partial charge on any atom is -0.462 e. The highest BCUT2D eigenvalue weighted by Gasteiger charge is 2.34. The lowest BCUT2D eigenvalue weighted by molar-refractivity contribution is 0.0481. The van der Waals surface area contributed by atoms with Gasteiger partial charge in [-0.2, -0.15) is 0 Å². The molecule has 0 atom stereocenters. The predicted octanol–water partition coefficient (Wildman–Crippen LogP) is 24.0. The normalized spacial score (nSPS) is 11.8. The minimum atomic E-state index is -0.742. The number of carbonyl (C=O) groups excluding carboxylic acids is 6. The van der Waals surface area contributed by atoms with Crippen molar-refractivity contribution in [3.63, 3.8) is 0 Å². The van der Waals surface area contributed by atoms with Crippen LogP contribution >= 0.6 is 56.7 Å². The molecule has 105 heavy (non-hydrogen) atoms. The van der Waals surface area contributed by atoms with Gasteiger partial charge in [0.15, 0.2) is 0 Å². The first-order chi connectivity index (χ1) is 51.1. The number of aliphatic imine (C=N–C) groups is 4. The third-order valence-electron chi connectivity index (χ3n) is 18.3. The Hall–Kier alpha value is -6.40. The van der Waals surface area contributed by atoms with E-state index in [9.17, 15) is 28.8 Å². The van der Waals surface area contributed by atoms with E-state index in [4.69, 9.17) is 59.9 Å². The van der Waals surface area contributed by atoms with Gasteiger partial charge in [0.2, 0.25) is 0 Å². The summed E-state index contributed by atoms with van der Waals surface area (Å²) >= 11 is 6.17. The van der Waals surface area contributed by atoms with Gasteiger partial charge < -0.3 is 39.9 Å². The van der Waals surface area contributed by atoms with Crippen molar-refractivity contribution in [2.75, 3.05) is 51.1 Å². The van der Waals surface area contributed by atoms with Crippen LogP contribution in [0.3, 0.4) is 0 Å². The van der Waals surface area contributed by atoms with Gasteiger partial charge in [0.25, 0.3) is 0 Å². The lowest BCUT2D eigenvalue weighted by Gasteiger charge is -2.09. The summed E-state index contributed by atoms with van der Waals surface area (Å²) in [6.07, 6.45) is 46.5. The molecule has 0 radical (unpaired) electrons. The van der Waals surface area contributed by atoms with E-state index in [1.165, 1.54) is 151 Å². The zero-order chi connectivity index (χ0) is 76.1. The number of carbonyl (C=O) groups is 6. The fourth-order valence-corrected chi connectivity index (χ4v) is 17.9. The fraction of sp³-hybridized carbons (Fsp3) is 0.634. The molecule has 0 aliphatic carbocycles. The van der Waals surface area contributed by atoms with Crippen LogP contribution in [0.2, 0.25) is 0 Å². The maximum absolute atomic E-state index is 14.6. The summed E-state index contributed by atoms with van der Waals surface area (Å²) in [5.74, 6) is -4.39. The van der Waals surface area contributed by atoms with Gasteiger partial charge in [-0.15, -0.1) is 22.7 Å². The van der Waals surface area contributed by atoms with Crippen molar-refractivity contribution in [2.24, 2.45) is 20.0 Å². The SMILES string of the molecule is CCCCCCCCCCc1c(/C=N/c2sc(N)c(C(=O)OCC)c2C(=O)OCC)sc(/C=N/c2sc(/N=C/c3sc(/C=N/c4sc(N)c(C(=O)OCC)c4C(=O)OCC)c(CCCCCCCCCC)c3CCCCCCCCCC)c(C(=O)OCC)c2C(=O)OCC)c1CCCCCCCCCC. The van der Waals surface area contributed by atoms with Crippen molar-refractivity contribution in [3.8, 4) is 0 Å². The quantitative estimate of drug-likeness (QED) is 0.0159. The smallest absolute Gasteiger partial charge is 0.342 e. The first-order valence-corrected chi connectivity index (χ1v) is 43.7. The zero-order valence-corrected chi connectivity index (χ0v) is 69.0. The Kier molecular flexibility index (Phi) is 44.0. The van der Waals surface area contributed by atoms with Crippen LogP contribution < -0.4 is 11.5 Å². The molecule has 0 amide bonds. The van der Waals surface area contributed by atoms with Crippen LogP contribution in [0.1, 0.15) is 379 Å². The lowest BCUT2D eigenvalue weighted by Crippen LogP contribution is -2.13. The molecule has 5 aromatic rings. The van der Waals surface area contributed by atoms with Crippen LogP contribution in [0, 0.1) is 0 Å². The second-order valence-corrected chi connectivity index (χ2v) is 31.5. The average molecular weight is 1540 g/mol. The van der Waals surface area contributed by atoms with E-state index in [-0.39, 0.29) is 103 Å². The van der Waals surface area contributed by atoms with Crippen LogP contribution in [0.4, 0.5) is 30.0 Å². The Labute approximate surface area is 646 Å². The predicted molar refractivity (Wildman–Crippen MR) is 440 cm³/mol. The van der Waals surface area contributed by atoms with Crippen LogP contribution in [0.5, 0.6) is 0 Å². The Morgan fingerprint density at radius 2 is 0.438 bits per heavy atom. The summed E-state index contributed by atoms with van der Waals surface area (Å²) in [5, 5.41) is 1.09. The molecule has 0 spiro atoms. The summed E-state index contributed by atoms with van der Waals surface area (Å²) in [4.78, 5) is 107. The number of anilines is 2. The topological polar surface area (TPSA) is 259 Å². The fourth-order valence-electron chi connectivity index (χ4n) is 12.8. The van der Waals surface area contributed by atoms with Crippen molar-refractivity contribution in [2.45, 2.75) is 300 Å². The second kappa shape index (κ2) is 51.8. The van der Waals surface area contributed by atoms with Crippen LogP contribution in [0.25, 0.3) is 0 Å². The summed E-state index contributed by atoms with van der Waals surface area (Å²) in [6, 6.07) is 0. The van der Waals surface area contributed by atoms with E-state index in [1.54, 1.807) is 66.4 Å². The van der Waals surface area contributed by atoms with E-state index in [1.807, 2.05) is 0 Å². The number of rotatable bonds is 56. The van der Waals surface area contributed by atoms with E-state index in [0.717, 1.165) is 179 Å². The molecule has 5 aromatic heterocycles. The molecule has 18 nitrogen and oxygen atoms in total. The van der Waals surface area contributed by atoms with Gasteiger partial charge in [-0.25, -0.2) is 48.7 Å². The Morgan fingerprint density at radius 3 is 0.648 bits per heavy atom. The maximum Gasteiger partial charge on any atom is 0.342 e. The highest BCUT2D eigenvalue weighted by Crippen LogP contribution is 2.45. The van der Waals surface area contributed by atoms with E-state index in [0.29, 0.717) is 0 Å². The Balaban J connectivity index is 1.78. The Morgan fingerprint density at radius 1 is 0.257 bits per heavy atom. The molecule has 23 heteroatoms. The first kappa shape index (κ1) is 89.2. The van der Waals surface area contributed by atoms with E-state index >= 15 is 0 Å². The number of hydrogen-bond donors (Lipinski definition) is 2. The highest BCUT2D eigenvalue weighted by molar-refractivity contribution is 7.21. The van der Waals surface area contributed by atoms with Gasteiger partial charge in [-0.3, -0.25) is 0 Å². The molecular formula is C82H122N6O12S5. The van der Waals surface area contributed by atoms with Crippen LogP contribution in [0.15, 0.2) is 20.0 Å². The molecule has 0 saturated carbocycles. The first-order valence-electron chi connectivity index (χ1n) is 39.6. The molecule has 0 aromatic carbocycles. The number of thiophene rings is 5. The van der Waals surface area contributed by atoms with Crippen molar-refractivity contribution in [3.05, 3.63) is 75.1 Å². The maximum atomic E-state index is 14.6. The largest absolute Gasteiger partial charge is 0.462 e. The third kappa shape index (κ3) is 28.9. The van der Waals surface area contributed by atoms with Gasteiger partial charge in [0.05, 0.1) is 39.6 Å². The molecule has 0 unspecified atom stereocenters.